The van der Waals surface area contributed by atoms with Gasteiger partial charge in [-0.05, 0) is 66.7 Å². The van der Waals surface area contributed by atoms with Crippen LogP contribution in [0.4, 0.5) is 5.69 Å². The van der Waals surface area contributed by atoms with Crippen molar-refractivity contribution in [2.75, 3.05) is 19.5 Å². The van der Waals surface area contributed by atoms with Crippen molar-refractivity contribution >= 4 is 23.2 Å². The molecule has 156 valence electrons. The Balaban J connectivity index is 1.71. The van der Waals surface area contributed by atoms with Crippen LogP contribution in [0.5, 0.6) is 11.5 Å². The average Bonchev–Trinajstić information content (AvgIpc) is 3.25. The normalized spacial score (nSPS) is 10.5. The smallest absolute Gasteiger partial charge is 0.295 e. The number of rotatable bonds is 6. The third-order valence-corrected chi connectivity index (χ3v) is 4.79. The summed E-state index contributed by atoms with van der Waals surface area (Å²) >= 11 is 6.17. The molecule has 4 rings (SSSR count). The van der Waals surface area contributed by atoms with Crippen molar-refractivity contribution in [3.8, 4) is 28.6 Å². The molecule has 8 heteroatoms. The highest BCUT2D eigenvalue weighted by Gasteiger charge is 2.19. The summed E-state index contributed by atoms with van der Waals surface area (Å²) in [5.41, 5.74) is 2.07. The van der Waals surface area contributed by atoms with Gasteiger partial charge in [0.05, 0.1) is 19.9 Å². The van der Waals surface area contributed by atoms with E-state index in [0.717, 1.165) is 11.3 Å². The summed E-state index contributed by atoms with van der Waals surface area (Å²) in [6.45, 7) is 0. The lowest BCUT2D eigenvalue weighted by Gasteiger charge is -2.07. The maximum Gasteiger partial charge on any atom is 0.295 e. The maximum atomic E-state index is 12.8. The highest BCUT2D eigenvalue weighted by molar-refractivity contribution is 6.30. The van der Waals surface area contributed by atoms with E-state index in [1.165, 1.54) is 0 Å². The zero-order valence-corrected chi connectivity index (χ0v) is 17.6. The van der Waals surface area contributed by atoms with E-state index in [9.17, 15) is 4.79 Å². The first-order valence-corrected chi connectivity index (χ1v) is 9.78. The van der Waals surface area contributed by atoms with E-state index >= 15 is 0 Å². The van der Waals surface area contributed by atoms with Crippen molar-refractivity contribution < 1.29 is 14.3 Å². The van der Waals surface area contributed by atoms with Crippen LogP contribution in [0.15, 0.2) is 72.8 Å². The zero-order valence-electron chi connectivity index (χ0n) is 16.9. The molecule has 0 radical (unpaired) electrons. The molecular formula is C23H19ClN4O3. The second-order valence-corrected chi connectivity index (χ2v) is 7.00. The maximum absolute atomic E-state index is 12.8. The SMILES string of the molecule is COc1ccc(NC(=O)c2nc(-c3ccc(OC)cc3)n(-c3cccc(Cl)c3)n2)cc1. The van der Waals surface area contributed by atoms with E-state index in [2.05, 4.69) is 15.4 Å². The zero-order chi connectivity index (χ0) is 21.8. The molecule has 0 saturated carbocycles. The number of carbonyl (C=O) groups excluding carboxylic acids is 1. The van der Waals surface area contributed by atoms with E-state index in [-0.39, 0.29) is 5.82 Å². The summed E-state index contributed by atoms with van der Waals surface area (Å²) in [4.78, 5) is 17.3. The van der Waals surface area contributed by atoms with Gasteiger partial charge in [0, 0.05) is 16.3 Å². The van der Waals surface area contributed by atoms with Crippen LogP contribution in [-0.2, 0) is 0 Å². The lowest BCUT2D eigenvalue weighted by atomic mass is 10.2. The molecule has 0 bridgehead atoms. The third kappa shape index (κ3) is 4.51. The number of aromatic nitrogens is 3. The van der Waals surface area contributed by atoms with Crippen molar-refractivity contribution in [2.24, 2.45) is 0 Å². The molecule has 0 saturated heterocycles. The average molecular weight is 435 g/mol. The van der Waals surface area contributed by atoms with Gasteiger partial charge in [0.25, 0.3) is 5.91 Å². The number of methoxy groups -OCH3 is 2. The van der Waals surface area contributed by atoms with Gasteiger partial charge >= 0.3 is 0 Å². The van der Waals surface area contributed by atoms with E-state index in [4.69, 9.17) is 21.1 Å². The van der Waals surface area contributed by atoms with Gasteiger partial charge in [-0.3, -0.25) is 4.79 Å². The lowest BCUT2D eigenvalue weighted by Crippen LogP contribution is -2.14. The number of carbonyl (C=O) groups is 1. The minimum Gasteiger partial charge on any atom is -0.497 e. The van der Waals surface area contributed by atoms with Crippen LogP contribution in [0.2, 0.25) is 5.02 Å². The minimum atomic E-state index is -0.430. The fourth-order valence-corrected chi connectivity index (χ4v) is 3.17. The molecule has 1 heterocycles. The number of nitrogens with zero attached hydrogens (tertiary/aromatic N) is 3. The van der Waals surface area contributed by atoms with Gasteiger partial charge in [-0.2, -0.15) is 0 Å². The number of hydrogen-bond acceptors (Lipinski definition) is 5. The molecule has 1 N–H and O–H groups in total. The number of benzene rings is 3. The summed E-state index contributed by atoms with van der Waals surface area (Å²) in [7, 11) is 3.19. The molecule has 1 amide bonds. The molecule has 0 fully saturated rings. The van der Waals surface area contributed by atoms with Gasteiger partial charge in [-0.15, -0.1) is 5.10 Å². The summed E-state index contributed by atoms with van der Waals surface area (Å²) in [5.74, 6) is 1.52. The Kier molecular flexibility index (Phi) is 5.86. The first-order chi connectivity index (χ1) is 15.1. The summed E-state index contributed by atoms with van der Waals surface area (Å²) in [5, 5.41) is 7.81. The van der Waals surface area contributed by atoms with Crippen molar-refractivity contribution in [3.63, 3.8) is 0 Å². The Labute approximate surface area is 184 Å². The first-order valence-electron chi connectivity index (χ1n) is 9.40. The fraction of sp³-hybridized carbons (Fsp3) is 0.0870. The number of anilines is 1. The standard InChI is InChI=1S/C23H19ClN4O3/c1-30-19-10-6-15(7-11-19)22-26-21(27-28(22)18-5-3-4-16(24)14-18)23(29)25-17-8-12-20(31-2)13-9-17/h3-14H,1-2H3,(H,25,29). The molecular weight excluding hydrogens is 416 g/mol. The Morgan fingerprint density at radius 3 is 2.19 bits per heavy atom. The first kappa shape index (κ1) is 20.4. The van der Waals surface area contributed by atoms with Gasteiger partial charge in [0.15, 0.2) is 5.82 Å². The molecule has 7 nitrogen and oxygen atoms in total. The second-order valence-electron chi connectivity index (χ2n) is 6.56. The molecule has 0 spiro atoms. The van der Waals surface area contributed by atoms with Crippen LogP contribution >= 0.6 is 11.6 Å². The van der Waals surface area contributed by atoms with Crippen LogP contribution in [0, 0.1) is 0 Å². The summed E-state index contributed by atoms with van der Waals surface area (Å²) < 4.78 is 12.0. The van der Waals surface area contributed by atoms with Crippen LogP contribution in [0.25, 0.3) is 17.1 Å². The number of ether oxygens (including phenoxy) is 2. The number of nitrogens with one attached hydrogen (secondary N) is 1. The third-order valence-electron chi connectivity index (χ3n) is 4.56. The molecule has 4 aromatic rings. The van der Waals surface area contributed by atoms with E-state index < -0.39 is 5.91 Å². The Morgan fingerprint density at radius 2 is 1.58 bits per heavy atom. The highest BCUT2D eigenvalue weighted by atomic mass is 35.5. The van der Waals surface area contributed by atoms with Gasteiger partial charge in [-0.1, -0.05) is 17.7 Å². The fourth-order valence-electron chi connectivity index (χ4n) is 2.98. The molecule has 31 heavy (non-hydrogen) atoms. The Bertz CT molecular complexity index is 1200. The van der Waals surface area contributed by atoms with E-state index in [1.807, 2.05) is 36.4 Å². The molecule has 0 aliphatic rings. The van der Waals surface area contributed by atoms with E-state index in [1.54, 1.807) is 55.3 Å². The highest BCUT2D eigenvalue weighted by Crippen LogP contribution is 2.25. The molecule has 3 aromatic carbocycles. The number of halogens is 1. The lowest BCUT2D eigenvalue weighted by molar-refractivity contribution is 0.101. The monoisotopic (exact) mass is 434 g/mol. The predicted molar refractivity (Wildman–Crippen MR) is 119 cm³/mol. The summed E-state index contributed by atoms with van der Waals surface area (Å²) in [6.07, 6.45) is 0. The van der Waals surface area contributed by atoms with Gasteiger partial charge in [0.2, 0.25) is 5.82 Å². The van der Waals surface area contributed by atoms with Crippen LogP contribution in [0.3, 0.4) is 0 Å². The second kappa shape index (κ2) is 8.89. The molecule has 0 unspecified atom stereocenters. The van der Waals surface area contributed by atoms with E-state index in [0.29, 0.717) is 28.0 Å². The number of hydrogen-bond donors (Lipinski definition) is 1. The van der Waals surface area contributed by atoms with Gasteiger partial charge in [0.1, 0.15) is 11.5 Å². The molecule has 0 atom stereocenters. The molecule has 1 aromatic heterocycles. The van der Waals surface area contributed by atoms with Crippen molar-refractivity contribution in [1.29, 1.82) is 0 Å². The Hall–Kier alpha value is -3.84. The van der Waals surface area contributed by atoms with Crippen molar-refractivity contribution in [3.05, 3.63) is 83.6 Å². The molecule has 0 aliphatic heterocycles. The van der Waals surface area contributed by atoms with Gasteiger partial charge < -0.3 is 14.8 Å². The largest absolute Gasteiger partial charge is 0.497 e. The Morgan fingerprint density at radius 1 is 0.935 bits per heavy atom. The summed E-state index contributed by atoms with van der Waals surface area (Å²) in [6, 6.07) is 21.6. The topological polar surface area (TPSA) is 78.3 Å². The van der Waals surface area contributed by atoms with Crippen LogP contribution in [-0.4, -0.2) is 34.9 Å². The predicted octanol–water partition coefficient (Wildman–Crippen LogP) is 4.86. The van der Waals surface area contributed by atoms with Crippen LogP contribution < -0.4 is 14.8 Å². The molecule has 0 aliphatic carbocycles. The van der Waals surface area contributed by atoms with Gasteiger partial charge in [-0.25, -0.2) is 9.67 Å². The van der Waals surface area contributed by atoms with Crippen LogP contribution in [0.1, 0.15) is 10.6 Å². The quantitative estimate of drug-likeness (QED) is 0.469. The van der Waals surface area contributed by atoms with Crippen molar-refractivity contribution in [2.45, 2.75) is 0 Å². The van der Waals surface area contributed by atoms with Crippen molar-refractivity contribution in [1.82, 2.24) is 14.8 Å². The minimum absolute atomic E-state index is 0.0293. The number of amides is 1.